The van der Waals surface area contributed by atoms with Crippen molar-refractivity contribution in [1.82, 2.24) is 4.90 Å². The Hall–Kier alpha value is -2.22. The van der Waals surface area contributed by atoms with E-state index in [4.69, 9.17) is 32.7 Å². The van der Waals surface area contributed by atoms with Gasteiger partial charge in [0.2, 0.25) is 0 Å². The molecular formula is C20H16Cl2FNO4S. The number of imide groups is 1. The summed E-state index contributed by atoms with van der Waals surface area (Å²) in [5.41, 5.74) is 0.650. The van der Waals surface area contributed by atoms with Gasteiger partial charge in [-0.1, -0.05) is 29.3 Å². The van der Waals surface area contributed by atoms with Crippen LogP contribution in [0.3, 0.4) is 0 Å². The van der Waals surface area contributed by atoms with Gasteiger partial charge in [-0.2, -0.15) is 0 Å². The van der Waals surface area contributed by atoms with Gasteiger partial charge in [0.15, 0.2) is 11.5 Å². The van der Waals surface area contributed by atoms with Crippen LogP contribution >= 0.6 is 35.0 Å². The lowest BCUT2D eigenvalue weighted by molar-refractivity contribution is -0.123. The minimum Gasteiger partial charge on any atom is -0.491 e. The highest BCUT2D eigenvalue weighted by atomic mass is 35.5. The zero-order valence-electron chi connectivity index (χ0n) is 15.5. The summed E-state index contributed by atoms with van der Waals surface area (Å²) >= 11 is 13.0. The van der Waals surface area contributed by atoms with Crippen LogP contribution in [0.15, 0.2) is 35.2 Å². The summed E-state index contributed by atoms with van der Waals surface area (Å²) < 4.78 is 24.8. The quantitative estimate of drug-likeness (QED) is 0.516. The molecule has 2 amide bonds. The normalized spacial score (nSPS) is 15.3. The molecule has 1 fully saturated rings. The maximum absolute atomic E-state index is 14.0. The van der Waals surface area contributed by atoms with Crippen LogP contribution in [0.1, 0.15) is 18.1 Å². The summed E-state index contributed by atoms with van der Waals surface area (Å²) in [5, 5.41) is -0.0522. The van der Waals surface area contributed by atoms with Gasteiger partial charge in [0.1, 0.15) is 5.82 Å². The van der Waals surface area contributed by atoms with Crippen molar-refractivity contribution in [3.8, 4) is 11.5 Å². The molecule has 9 heteroatoms. The van der Waals surface area contributed by atoms with E-state index >= 15 is 0 Å². The van der Waals surface area contributed by atoms with Crippen LogP contribution in [-0.2, 0) is 11.3 Å². The summed E-state index contributed by atoms with van der Waals surface area (Å²) in [4.78, 5) is 26.2. The Morgan fingerprint density at radius 3 is 2.62 bits per heavy atom. The van der Waals surface area contributed by atoms with Gasteiger partial charge in [-0.05, 0) is 54.6 Å². The van der Waals surface area contributed by atoms with Crippen molar-refractivity contribution in [2.45, 2.75) is 13.5 Å². The van der Waals surface area contributed by atoms with Gasteiger partial charge in [-0.25, -0.2) is 4.39 Å². The molecule has 0 atom stereocenters. The molecule has 29 heavy (non-hydrogen) atoms. The molecule has 1 saturated heterocycles. The Morgan fingerprint density at radius 2 is 1.97 bits per heavy atom. The largest absolute Gasteiger partial charge is 0.491 e. The Bertz CT molecular complexity index is 992. The molecule has 0 saturated carbocycles. The molecule has 5 nitrogen and oxygen atoms in total. The van der Waals surface area contributed by atoms with Gasteiger partial charge in [-0.3, -0.25) is 14.5 Å². The molecule has 0 unspecified atom stereocenters. The van der Waals surface area contributed by atoms with E-state index in [9.17, 15) is 14.0 Å². The van der Waals surface area contributed by atoms with Crippen molar-refractivity contribution < 1.29 is 23.5 Å². The smallest absolute Gasteiger partial charge is 0.293 e. The molecule has 0 aromatic heterocycles. The van der Waals surface area contributed by atoms with E-state index in [2.05, 4.69) is 0 Å². The van der Waals surface area contributed by atoms with Crippen molar-refractivity contribution in [3.63, 3.8) is 0 Å². The van der Waals surface area contributed by atoms with Gasteiger partial charge >= 0.3 is 0 Å². The van der Waals surface area contributed by atoms with E-state index < -0.39 is 17.0 Å². The minimum absolute atomic E-state index is 0.0869. The van der Waals surface area contributed by atoms with E-state index in [-0.39, 0.29) is 22.0 Å². The topological polar surface area (TPSA) is 55.8 Å². The van der Waals surface area contributed by atoms with Gasteiger partial charge in [0.05, 0.1) is 30.2 Å². The summed E-state index contributed by atoms with van der Waals surface area (Å²) in [6, 6.07) is 7.45. The van der Waals surface area contributed by atoms with Gasteiger partial charge in [0, 0.05) is 10.6 Å². The summed E-state index contributed by atoms with van der Waals surface area (Å²) in [5.74, 6) is -0.313. The first kappa shape index (κ1) is 21.5. The van der Waals surface area contributed by atoms with Crippen LogP contribution < -0.4 is 9.47 Å². The Kier molecular flexibility index (Phi) is 6.72. The molecular weight excluding hydrogens is 440 g/mol. The molecule has 0 bridgehead atoms. The zero-order valence-corrected chi connectivity index (χ0v) is 17.8. The average molecular weight is 456 g/mol. The number of hydrogen-bond donors (Lipinski definition) is 0. The number of rotatable bonds is 6. The van der Waals surface area contributed by atoms with E-state index in [1.165, 1.54) is 31.4 Å². The molecule has 1 aliphatic rings. The van der Waals surface area contributed by atoms with Crippen LogP contribution in [0.2, 0.25) is 10.0 Å². The highest BCUT2D eigenvalue weighted by Crippen LogP contribution is 2.39. The first-order valence-corrected chi connectivity index (χ1v) is 10.1. The number of benzene rings is 2. The van der Waals surface area contributed by atoms with E-state index in [0.29, 0.717) is 28.7 Å². The Balaban J connectivity index is 1.90. The molecule has 0 radical (unpaired) electrons. The predicted molar refractivity (Wildman–Crippen MR) is 112 cm³/mol. The molecule has 2 aromatic carbocycles. The van der Waals surface area contributed by atoms with E-state index in [0.717, 1.165) is 16.7 Å². The van der Waals surface area contributed by atoms with Crippen LogP contribution in [0.4, 0.5) is 9.18 Å². The summed E-state index contributed by atoms with van der Waals surface area (Å²) in [6.45, 7) is 1.97. The Morgan fingerprint density at radius 1 is 1.21 bits per heavy atom. The molecule has 0 N–H and O–H groups in total. The number of nitrogens with zero attached hydrogens (tertiary/aromatic N) is 1. The maximum Gasteiger partial charge on any atom is 0.293 e. The molecule has 1 heterocycles. The van der Waals surface area contributed by atoms with Crippen molar-refractivity contribution in [2.75, 3.05) is 13.7 Å². The fourth-order valence-corrected chi connectivity index (χ4v) is 4.12. The van der Waals surface area contributed by atoms with Gasteiger partial charge in [0.25, 0.3) is 11.1 Å². The van der Waals surface area contributed by atoms with Crippen molar-refractivity contribution in [3.05, 3.63) is 62.2 Å². The lowest BCUT2D eigenvalue weighted by Crippen LogP contribution is -2.28. The second-order valence-electron chi connectivity index (χ2n) is 5.94. The summed E-state index contributed by atoms with van der Waals surface area (Å²) in [7, 11) is 1.47. The zero-order chi connectivity index (χ0) is 21.1. The maximum atomic E-state index is 14.0. The third kappa shape index (κ3) is 4.52. The fourth-order valence-electron chi connectivity index (χ4n) is 2.76. The first-order valence-electron chi connectivity index (χ1n) is 8.54. The predicted octanol–water partition coefficient (Wildman–Crippen LogP) is 5.78. The van der Waals surface area contributed by atoms with Crippen molar-refractivity contribution >= 4 is 52.2 Å². The number of amides is 2. The van der Waals surface area contributed by atoms with E-state index in [1.54, 1.807) is 12.1 Å². The second kappa shape index (κ2) is 9.07. The SMILES string of the molecule is CCOc1cc(/C=C2\SC(=O)N(Cc3c(F)cccc3Cl)C2=O)cc(Cl)c1OC. The summed E-state index contributed by atoms with van der Waals surface area (Å²) in [6.07, 6.45) is 1.53. The number of hydrogen-bond acceptors (Lipinski definition) is 5. The number of methoxy groups -OCH3 is 1. The Labute approximate surface area is 181 Å². The standard InChI is InChI=1S/C20H16Cl2FNO4S/c1-3-28-16-8-11(7-14(22)18(16)27-2)9-17-19(25)24(20(26)29-17)10-12-13(21)5-4-6-15(12)23/h4-9H,3,10H2,1-2H3/b17-9-. The molecule has 152 valence electrons. The van der Waals surface area contributed by atoms with Crippen molar-refractivity contribution in [1.29, 1.82) is 0 Å². The van der Waals surface area contributed by atoms with Crippen molar-refractivity contribution in [2.24, 2.45) is 0 Å². The first-order chi connectivity index (χ1) is 13.8. The van der Waals surface area contributed by atoms with Crippen LogP contribution in [0.5, 0.6) is 11.5 Å². The number of halogens is 3. The molecule has 3 rings (SSSR count). The number of carbonyl (C=O) groups is 2. The minimum atomic E-state index is -0.580. The van der Waals surface area contributed by atoms with E-state index in [1.807, 2.05) is 6.92 Å². The lowest BCUT2D eigenvalue weighted by Gasteiger charge is -2.14. The average Bonchev–Trinajstić information content (AvgIpc) is 2.92. The lowest BCUT2D eigenvalue weighted by atomic mass is 10.1. The number of thioether (sulfide) groups is 1. The molecule has 2 aromatic rings. The molecule has 0 spiro atoms. The third-order valence-electron chi connectivity index (χ3n) is 4.09. The van der Waals surface area contributed by atoms with Gasteiger partial charge in [-0.15, -0.1) is 0 Å². The third-order valence-corrected chi connectivity index (χ3v) is 5.63. The van der Waals surface area contributed by atoms with Gasteiger partial charge < -0.3 is 9.47 Å². The monoisotopic (exact) mass is 455 g/mol. The molecule has 0 aliphatic carbocycles. The molecule has 1 aliphatic heterocycles. The number of ether oxygens (including phenoxy) is 2. The van der Waals surface area contributed by atoms with Crippen LogP contribution in [0.25, 0.3) is 6.08 Å². The second-order valence-corrected chi connectivity index (χ2v) is 7.74. The number of carbonyl (C=O) groups excluding carboxylic acids is 2. The highest BCUT2D eigenvalue weighted by molar-refractivity contribution is 8.18. The fraction of sp³-hybridized carbons (Fsp3) is 0.200. The highest BCUT2D eigenvalue weighted by Gasteiger charge is 2.36. The van der Waals surface area contributed by atoms with Crippen LogP contribution in [0, 0.1) is 5.82 Å². The van der Waals surface area contributed by atoms with Crippen LogP contribution in [-0.4, -0.2) is 29.8 Å².